The van der Waals surface area contributed by atoms with Crippen LogP contribution in [0, 0.1) is 0 Å². The van der Waals surface area contributed by atoms with Crippen LogP contribution in [0.3, 0.4) is 0 Å². The largest absolute Gasteiger partial charge is 0.462 e. The van der Waals surface area contributed by atoms with Gasteiger partial charge in [0, 0.05) is 17.7 Å². The summed E-state index contributed by atoms with van der Waals surface area (Å²) in [6.07, 6.45) is 6.22. The Balaban J connectivity index is 1.96. The summed E-state index contributed by atoms with van der Waals surface area (Å²) < 4.78 is 10.2. The fourth-order valence-electron chi connectivity index (χ4n) is 2.08. The van der Waals surface area contributed by atoms with Crippen molar-refractivity contribution < 1.29 is 19.1 Å². The zero-order valence-corrected chi connectivity index (χ0v) is 14.4. The molecule has 0 atom stereocenters. The highest BCUT2D eigenvalue weighted by atomic mass is 16.5. The number of rotatable bonds is 11. The SMILES string of the molecule is C=C(C)C(=O)OCCCCCCCCC(=O)Oc1ccc(N)cc1. The number of carbonyl (C=O) groups excluding carboxylic acids is 2. The second kappa shape index (κ2) is 11.3. The van der Waals surface area contributed by atoms with Crippen molar-refractivity contribution in [2.45, 2.75) is 51.9 Å². The summed E-state index contributed by atoms with van der Waals surface area (Å²) >= 11 is 0. The highest BCUT2D eigenvalue weighted by Gasteiger charge is 2.05. The summed E-state index contributed by atoms with van der Waals surface area (Å²) in [5.41, 5.74) is 6.65. The number of nitrogens with two attached hydrogens (primary N) is 1. The van der Waals surface area contributed by atoms with E-state index >= 15 is 0 Å². The highest BCUT2D eigenvalue weighted by Crippen LogP contribution is 2.15. The molecule has 0 spiro atoms. The Hall–Kier alpha value is -2.30. The molecule has 0 bridgehead atoms. The first-order valence-electron chi connectivity index (χ1n) is 8.38. The Labute approximate surface area is 143 Å². The van der Waals surface area contributed by atoms with E-state index in [2.05, 4.69) is 6.58 Å². The predicted octanol–water partition coefficient (Wildman–Crippen LogP) is 4.02. The van der Waals surface area contributed by atoms with Crippen LogP contribution in [-0.2, 0) is 14.3 Å². The van der Waals surface area contributed by atoms with E-state index < -0.39 is 0 Å². The quantitative estimate of drug-likeness (QED) is 0.217. The van der Waals surface area contributed by atoms with Gasteiger partial charge in [-0.3, -0.25) is 4.79 Å². The summed E-state index contributed by atoms with van der Waals surface area (Å²) in [5.74, 6) is -0.0143. The van der Waals surface area contributed by atoms with Crippen LogP contribution < -0.4 is 10.5 Å². The lowest BCUT2D eigenvalue weighted by Gasteiger charge is -2.05. The molecule has 1 rings (SSSR count). The number of carbonyl (C=O) groups is 2. The molecular formula is C19H27NO4. The van der Waals surface area contributed by atoms with E-state index in [0.717, 1.165) is 38.5 Å². The second-order valence-electron chi connectivity index (χ2n) is 5.83. The third-order valence-corrected chi connectivity index (χ3v) is 3.47. The van der Waals surface area contributed by atoms with Crippen molar-refractivity contribution in [1.82, 2.24) is 0 Å². The van der Waals surface area contributed by atoms with Crippen molar-refractivity contribution in [3.63, 3.8) is 0 Å². The van der Waals surface area contributed by atoms with Gasteiger partial charge in [-0.25, -0.2) is 4.79 Å². The lowest BCUT2D eigenvalue weighted by Crippen LogP contribution is -2.07. The van der Waals surface area contributed by atoms with E-state index in [1.165, 1.54) is 0 Å². The maximum atomic E-state index is 11.7. The van der Waals surface area contributed by atoms with Crippen molar-refractivity contribution in [3.05, 3.63) is 36.4 Å². The van der Waals surface area contributed by atoms with E-state index in [0.29, 0.717) is 30.0 Å². The molecule has 0 aliphatic rings. The lowest BCUT2D eigenvalue weighted by atomic mass is 10.1. The van der Waals surface area contributed by atoms with Gasteiger partial charge in [0.05, 0.1) is 6.61 Å². The molecule has 2 N–H and O–H groups in total. The first-order valence-corrected chi connectivity index (χ1v) is 8.38. The molecule has 132 valence electrons. The van der Waals surface area contributed by atoms with E-state index in [9.17, 15) is 9.59 Å². The molecule has 0 radical (unpaired) electrons. The number of unbranched alkanes of at least 4 members (excludes halogenated alkanes) is 5. The van der Waals surface area contributed by atoms with Gasteiger partial charge in [0.25, 0.3) is 0 Å². The molecule has 0 aliphatic heterocycles. The van der Waals surface area contributed by atoms with Gasteiger partial charge in [0.2, 0.25) is 0 Å². The molecule has 0 amide bonds. The van der Waals surface area contributed by atoms with Crippen LogP contribution in [0.4, 0.5) is 5.69 Å². The van der Waals surface area contributed by atoms with Crippen LogP contribution in [0.15, 0.2) is 36.4 Å². The Bertz CT molecular complexity index is 537. The molecule has 0 aliphatic carbocycles. The van der Waals surface area contributed by atoms with Crippen LogP contribution in [0.1, 0.15) is 51.9 Å². The van der Waals surface area contributed by atoms with Gasteiger partial charge in [-0.1, -0.05) is 32.3 Å². The Morgan fingerprint density at radius 1 is 1.00 bits per heavy atom. The smallest absolute Gasteiger partial charge is 0.333 e. The number of hydrogen-bond acceptors (Lipinski definition) is 5. The van der Waals surface area contributed by atoms with Gasteiger partial charge >= 0.3 is 11.9 Å². The van der Waals surface area contributed by atoms with Crippen molar-refractivity contribution >= 4 is 17.6 Å². The number of hydrogen-bond donors (Lipinski definition) is 1. The first-order chi connectivity index (χ1) is 11.5. The van der Waals surface area contributed by atoms with Gasteiger partial charge in [0.15, 0.2) is 0 Å². The standard InChI is InChI=1S/C19H27NO4/c1-15(2)19(22)23-14-8-6-4-3-5-7-9-18(21)24-17-12-10-16(20)11-13-17/h10-13H,1,3-9,14,20H2,2H3. The third-order valence-electron chi connectivity index (χ3n) is 3.47. The number of nitrogen functional groups attached to an aromatic ring is 1. The second-order valence-corrected chi connectivity index (χ2v) is 5.83. The average Bonchev–Trinajstić information content (AvgIpc) is 2.55. The molecule has 0 saturated carbocycles. The maximum Gasteiger partial charge on any atom is 0.333 e. The lowest BCUT2D eigenvalue weighted by molar-refractivity contribution is -0.139. The van der Waals surface area contributed by atoms with Gasteiger partial charge in [-0.05, 0) is 44.0 Å². The fourth-order valence-corrected chi connectivity index (χ4v) is 2.08. The van der Waals surface area contributed by atoms with Crippen LogP contribution in [0.5, 0.6) is 5.75 Å². The normalized spacial score (nSPS) is 10.2. The number of benzene rings is 1. The minimum absolute atomic E-state index is 0.216. The molecule has 0 heterocycles. The summed E-state index contributed by atoms with van der Waals surface area (Å²) in [5, 5.41) is 0. The van der Waals surface area contributed by atoms with Crippen LogP contribution >= 0.6 is 0 Å². The predicted molar refractivity (Wildman–Crippen MR) is 94.6 cm³/mol. The summed E-state index contributed by atoms with van der Waals surface area (Å²) in [4.78, 5) is 22.8. The van der Waals surface area contributed by atoms with Gasteiger partial charge in [-0.15, -0.1) is 0 Å². The monoisotopic (exact) mass is 333 g/mol. The van der Waals surface area contributed by atoms with Crippen molar-refractivity contribution in [3.8, 4) is 5.75 Å². The van der Waals surface area contributed by atoms with Crippen molar-refractivity contribution in [2.75, 3.05) is 12.3 Å². The van der Waals surface area contributed by atoms with E-state index in [4.69, 9.17) is 15.2 Å². The molecule has 0 fully saturated rings. The maximum absolute atomic E-state index is 11.7. The van der Waals surface area contributed by atoms with Crippen molar-refractivity contribution in [2.24, 2.45) is 0 Å². The number of esters is 2. The fraction of sp³-hybridized carbons (Fsp3) is 0.474. The van der Waals surface area contributed by atoms with Gasteiger partial charge in [-0.2, -0.15) is 0 Å². The Morgan fingerprint density at radius 3 is 2.21 bits per heavy atom. The van der Waals surface area contributed by atoms with Crippen LogP contribution in [-0.4, -0.2) is 18.5 Å². The molecule has 5 nitrogen and oxygen atoms in total. The van der Waals surface area contributed by atoms with Crippen molar-refractivity contribution in [1.29, 1.82) is 0 Å². The third kappa shape index (κ3) is 8.98. The zero-order chi connectivity index (χ0) is 17.8. The molecule has 0 unspecified atom stereocenters. The van der Waals surface area contributed by atoms with Gasteiger partial charge < -0.3 is 15.2 Å². The van der Waals surface area contributed by atoms with Crippen LogP contribution in [0.2, 0.25) is 0 Å². The topological polar surface area (TPSA) is 78.6 Å². The van der Waals surface area contributed by atoms with Gasteiger partial charge in [0.1, 0.15) is 5.75 Å². The number of anilines is 1. The number of ether oxygens (including phenoxy) is 2. The van der Waals surface area contributed by atoms with E-state index in [1.807, 2.05) is 0 Å². The van der Waals surface area contributed by atoms with E-state index in [1.54, 1.807) is 31.2 Å². The summed E-state index contributed by atoms with van der Waals surface area (Å²) in [6.45, 7) is 5.61. The Morgan fingerprint density at radius 2 is 1.58 bits per heavy atom. The first kappa shape index (κ1) is 19.7. The van der Waals surface area contributed by atoms with E-state index in [-0.39, 0.29) is 11.9 Å². The Kier molecular flexibility index (Phi) is 9.27. The molecular weight excluding hydrogens is 306 g/mol. The average molecular weight is 333 g/mol. The van der Waals surface area contributed by atoms with Crippen LogP contribution in [0.25, 0.3) is 0 Å². The summed E-state index contributed by atoms with van der Waals surface area (Å²) in [7, 11) is 0. The molecule has 5 heteroatoms. The molecule has 24 heavy (non-hydrogen) atoms. The molecule has 0 saturated heterocycles. The molecule has 1 aromatic rings. The highest BCUT2D eigenvalue weighted by molar-refractivity contribution is 5.86. The summed E-state index contributed by atoms with van der Waals surface area (Å²) in [6, 6.07) is 6.79. The molecule has 0 aromatic heterocycles. The minimum atomic E-state index is -0.324. The molecule has 1 aromatic carbocycles. The minimum Gasteiger partial charge on any atom is -0.462 e. The zero-order valence-electron chi connectivity index (χ0n) is 14.4.